The second-order valence-corrected chi connectivity index (χ2v) is 9.11. The summed E-state index contributed by atoms with van der Waals surface area (Å²) in [6, 6.07) is 10.2. The minimum absolute atomic E-state index is 0.0721. The lowest BCUT2D eigenvalue weighted by atomic mass is 10.1. The Bertz CT molecular complexity index is 986. The highest BCUT2D eigenvalue weighted by molar-refractivity contribution is 7.89. The third-order valence-corrected chi connectivity index (χ3v) is 6.29. The second kappa shape index (κ2) is 8.51. The number of nitrogens with one attached hydrogen (secondary N) is 1. The molecular formula is C21H25FN2O4S. The Morgan fingerprint density at radius 3 is 2.41 bits per heavy atom. The zero-order chi connectivity index (χ0) is 21.2. The first-order chi connectivity index (χ1) is 13.7. The topological polar surface area (TPSA) is 75.7 Å². The summed E-state index contributed by atoms with van der Waals surface area (Å²) < 4.78 is 46.3. The summed E-state index contributed by atoms with van der Waals surface area (Å²) >= 11 is 0. The first kappa shape index (κ1) is 21.3. The predicted octanol–water partition coefficient (Wildman–Crippen LogP) is 3.33. The summed E-state index contributed by atoms with van der Waals surface area (Å²) in [7, 11) is -2.45. The molecule has 0 spiro atoms. The monoisotopic (exact) mass is 420 g/mol. The fraction of sp³-hybridized carbons (Fsp3) is 0.381. The van der Waals surface area contributed by atoms with E-state index >= 15 is 0 Å². The van der Waals surface area contributed by atoms with Crippen LogP contribution in [0.3, 0.4) is 0 Å². The van der Waals surface area contributed by atoms with E-state index in [2.05, 4.69) is 4.72 Å². The Morgan fingerprint density at radius 2 is 1.86 bits per heavy atom. The molecule has 0 atom stereocenters. The number of hydrogen-bond acceptors (Lipinski definition) is 4. The van der Waals surface area contributed by atoms with Crippen molar-refractivity contribution in [1.82, 2.24) is 9.62 Å². The van der Waals surface area contributed by atoms with Gasteiger partial charge in [-0.3, -0.25) is 4.79 Å². The molecule has 0 unspecified atom stereocenters. The number of ether oxygens (including phenoxy) is 1. The van der Waals surface area contributed by atoms with Gasteiger partial charge in [-0.1, -0.05) is 12.1 Å². The molecule has 0 radical (unpaired) electrons. The van der Waals surface area contributed by atoms with E-state index in [9.17, 15) is 17.6 Å². The van der Waals surface area contributed by atoms with Crippen LogP contribution in [0, 0.1) is 5.82 Å². The predicted molar refractivity (Wildman–Crippen MR) is 108 cm³/mol. The van der Waals surface area contributed by atoms with Crippen molar-refractivity contribution in [3.8, 4) is 5.75 Å². The van der Waals surface area contributed by atoms with Gasteiger partial charge >= 0.3 is 0 Å². The van der Waals surface area contributed by atoms with Gasteiger partial charge < -0.3 is 9.64 Å². The van der Waals surface area contributed by atoms with Gasteiger partial charge in [-0.15, -0.1) is 0 Å². The summed E-state index contributed by atoms with van der Waals surface area (Å²) in [6.07, 6.45) is 1.78. The van der Waals surface area contributed by atoms with Gasteiger partial charge in [0, 0.05) is 24.2 Å². The van der Waals surface area contributed by atoms with Gasteiger partial charge in [0.2, 0.25) is 10.0 Å². The fourth-order valence-corrected chi connectivity index (χ4v) is 4.54. The highest BCUT2D eigenvalue weighted by Gasteiger charge is 2.34. The first-order valence-electron chi connectivity index (χ1n) is 9.47. The quantitative estimate of drug-likeness (QED) is 0.711. The lowest BCUT2D eigenvalue weighted by molar-refractivity contribution is 0.0729. The smallest absolute Gasteiger partial charge is 0.254 e. The van der Waals surface area contributed by atoms with Gasteiger partial charge in [0.25, 0.3) is 5.91 Å². The molecule has 3 rings (SSSR count). The van der Waals surface area contributed by atoms with Crippen molar-refractivity contribution in [3.05, 3.63) is 59.4 Å². The van der Waals surface area contributed by atoms with E-state index in [-0.39, 0.29) is 40.0 Å². The molecule has 8 heteroatoms. The van der Waals surface area contributed by atoms with Crippen molar-refractivity contribution >= 4 is 15.9 Å². The van der Waals surface area contributed by atoms with Crippen LogP contribution in [0.15, 0.2) is 47.4 Å². The Morgan fingerprint density at radius 1 is 1.21 bits per heavy atom. The number of carbonyl (C=O) groups is 1. The van der Waals surface area contributed by atoms with Crippen LogP contribution in [0.25, 0.3) is 0 Å². The van der Waals surface area contributed by atoms with Gasteiger partial charge in [-0.25, -0.2) is 17.5 Å². The number of methoxy groups -OCH3 is 1. The van der Waals surface area contributed by atoms with Crippen molar-refractivity contribution in [1.29, 1.82) is 0 Å². The zero-order valence-electron chi connectivity index (χ0n) is 16.7. The van der Waals surface area contributed by atoms with Crippen LogP contribution in [0.1, 0.15) is 42.6 Å². The third kappa shape index (κ3) is 5.13. The average Bonchev–Trinajstić information content (AvgIpc) is 3.50. The average molecular weight is 421 g/mol. The van der Waals surface area contributed by atoms with E-state index in [0.717, 1.165) is 18.4 Å². The summed E-state index contributed by atoms with van der Waals surface area (Å²) in [4.78, 5) is 14.8. The Hall–Kier alpha value is -2.45. The summed E-state index contributed by atoms with van der Waals surface area (Å²) in [5, 5.41) is 0. The minimum Gasteiger partial charge on any atom is -0.495 e. The van der Waals surface area contributed by atoms with E-state index in [1.807, 2.05) is 0 Å². The number of rotatable bonds is 8. The van der Waals surface area contributed by atoms with Gasteiger partial charge in [0.05, 0.1) is 7.11 Å². The maximum atomic E-state index is 13.2. The maximum Gasteiger partial charge on any atom is 0.254 e. The Balaban J connectivity index is 1.92. The Labute approximate surface area is 170 Å². The van der Waals surface area contributed by atoms with Gasteiger partial charge in [0.1, 0.15) is 16.5 Å². The number of benzene rings is 2. The van der Waals surface area contributed by atoms with E-state index in [1.54, 1.807) is 36.9 Å². The van der Waals surface area contributed by atoms with Crippen molar-refractivity contribution < 1.29 is 22.3 Å². The normalized spacial score (nSPS) is 14.1. The molecule has 1 aliphatic carbocycles. The number of hydrogen-bond donors (Lipinski definition) is 1. The third-order valence-electron chi connectivity index (χ3n) is 4.61. The standard InChI is InChI=1S/C21H25FN2O4S/c1-14(2)23-29(26,27)20-12-16(6-11-19(20)28-3)21(25)24(18-9-10-18)13-15-4-7-17(22)8-5-15/h4-8,11-12,14,18,23H,9-10,13H2,1-3H3. The molecule has 1 aliphatic rings. The van der Waals surface area contributed by atoms with Crippen LogP contribution < -0.4 is 9.46 Å². The fourth-order valence-electron chi connectivity index (χ4n) is 3.10. The van der Waals surface area contributed by atoms with E-state index < -0.39 is 10.0 Å². The van der Waals surface area contributed by atoms with Gasteiger partial charge in [0.15, 0.2) is 0 Å². The molecule has 156 valence electrons. The lowest BCUT2D eigenvalue weighted by Gasteiger charge is -2.23. The molecule has 0 heterocycles. The molecule has 1 fully saturated rings. The molecule has 6 nitrogen and oxygen atoms in total. The maximum absolute atomic E-state index is 13.2. The molecule has 29 heavy (non-hydrogen) atoms. The molecule has 0 saturated heterocycles. The molecule has 0 bridgehead atoms. The minimum atomic E-state index is -3.84. The van der Waals surface area contributed by atoms with Gasteiger partial charge in [-0.05, 0) is 62.6 Å². The van der Waals surface area contributed by atoms with Crippen molar-refractivity contribution in [2.24, 2.45) is 0 Å². The molecule has 1 saturated carbocycles. The molecular weight excluding hydrogens is 395 g/mol. The van der Waals surface area contributed by atoms with E-state index in [4.69, 9.17) is 4.74 Å². The van der Waals surface area contributed by atoms with Crippen LogP contribution in [0.2, 0.25) is 0 Å². The first-order valence-corrected chi connectivity index (χ1v) is 11.0. The molecule has 1 amide bonds. The lowest BCUT2D eigenvalue weighted by Crippen LogP contribution is -2.33. The summed E-state index contributed by atoms with van der Waals surface area (Å²) in [5.41, 5.74) is 1.08. The number of halogens is 1. The van der Waals surface area contributed by atoms with Crippen LogP contribution in [0.4, 0.5) is 4.39 Å². The van der Waals surface area contributed by atoms with Crippen molar-refractivity contribution in [2.75, 3.05) is 7.11 Å². The SMILES string of the molecule is COc1ccc(C(=O)N(Cc2ccc(F)cc2)C2CC2)cc1S(=O)(=O)NC(C)C. The van der Waals surface area contributed by atoms with Gasteiger partial charge in [-0.2, -0.15) is 0 Å². The number of nitrogens with zero attached hydrogens (tertiary/aromatic N) is 1. The van der Waals surface area contributed by atoms with E-state index in [0.29, 0.717) is 6.54 Å². The number of sulfonamides is 1. The van der Waals surface area contributed by atoms with Crippen LogP contribution in [-0.2, 0) is 16.6 Å². The van der Waals surface area contributed by atoms with Crippen LogP contribution in [-0.4, -0.2) is 38.4 Å². The molecule has 1 N–H and O–H groups in total. The largest absolute Gasteiger partial charge is 0.495 e. The molecule has 2 aromatic carbocycles. The Kier molecular flexibility index (Phi) is 6.24. The summed E-state index contributed by atoms with van der Waals surface area (Å²) in [5.74, 6) is -0.424. The highest BCUT2D eigenvalue weighted by Crippen LogP contribution is 2.32. The second-order valence-electron chi connectivity index (χ2n) is 7.43. The van der Waals surface area contributed by atoms with E-state index in [1.165, 1.54) is 31.4 Å². The highest BCUT2D eigenvalue weighted by atomic mass is 32.2. The van der Waals surface area contributed by atoms with Crippen LogP contribution >= 0.6 is 0 Å². The molecule has 0 aliphatic heterocycles. The van der Waals surface area contributed by atoms with Crippen molar-refractivity contribution in [2.45, 2.75) is 50.2 Å². The number of carbonyl (C=O) groups excluding carboxylic acids is 1. The number of amides is 1. The molecule has 2 aromatic rings. The van der Waals surface area contributed by atoms with Crippen LogP contribution in [0.5, 0.6) is 5.75 Å². The molecule has 0 aromatic heterocycles. The van der Waals surface area contributed by atoms with Crippen molar-refractivity contribution in [3.63, 3.8) is 0 Å². The zero-order valence-corrected chi connectivity index (χ0v) is 17.5. The summed E-state index contributed by atoms with van der Waals surface area (Å²) in [6.45, 7) is 3.77.